The van der Waals surface area contributed by atoms with Gasteiger partial charge in [-0.3, -0.25) is 0 Å². The van der Waals surface area contributed by atoms with Gasteiger partial charge in [0.15, 0.2) is 0 Å². The third-order valence-electron chi connectivity index (χ3n) is 4.72. The molecule has 1 nitrogen and oxygen atoms in total. The predicted molar refractivity (Wildman–Crippen MR) is 109 cm³/mol. The van der Waals surface area contributed by atoms with E-state index in [2.05, 4.69) is 110 Å². The molecule has 0 saturated heterocycles. The van der Waals surface area contributed by atoms with E-state index in [0.29, 0.717) is 0 Å². The Hall–Kier alpha value is -3.06. The Bertz CT molecular complexity index is 1020. The molecule has 25 heavy (non-hydrogen) atoms. The lowest BCUT2D eigenvalue weighted by molar-refractivity contribution is 1.21. The first-order chi connectivity index (χ1) is 12.2. The topological polar surface area (TPSA) is 3.24 Å². The zero-order valence-electron chi connectivity index (χ0n) is 14.6. The van der Waals surface area contributed by atoms with E-state index in [1.165, 1.54) is 38.8 Å². The predicted octanol–water partition coefficient (Wildman–Crippen LogP) is 6.58. The highest BCUT2D eigenvalue weighted by molar-refractivity contribution is 5.89. The number of hydrogen-bond acceptors (Lipinski definition) is 1. The Balaban J connectivity index is 1.83. The van der Waals surface area contributed by atoms with E-state index in [4.69, 9.17) is 0 Å². The largest absolute Gasteiger partial charge is 0.344 e. The van der Waals surface area contributed by atoms with Gasteiger partial charge in [-0.05, 0) is 47.5 Å². The maximum absolute atomic E-state index is 2.27. The minimum absolute atomic E-state index is 1.19. The second-order valence-electron chi connectivity index (χ2n) is 6.48. The zero-order chi connectivity index (χ0) is 17.2. The van der Waals surface area contributed by atoms with Crippen molar-refractivity contribution >= 4 is 22.1 Å². The number of hydrogen-bond donors (Lipinski definition) is 0. The molecule has 0 bridgehead atoms. The average molecular weight is 323 g/mol. The normalized spacial score (nSPS) is 10.8. The highest BCUT2D eigenvalue weighted by Gasteiger charge is 2.11. The maximum Gasteiger partial charge on any atom is 0.0487 e. The molecule has 0 amide bonds. The number of aryl methyl sites for hydroxylation is 1. The summed E-state index contributed by atoms with van der Waals surface area (Å²) in [7, 11) is 2.14. The molecule has 0 heterocycles. The van der Waals surface area contributed by atoms with Crippen molar-refractivity contribution in [3.63, 3.8) is 0 Å². The van der Waals surface area contributed by atoms with Crippen molar-refractivity contribution in [2.45, 2.75) is 6.92 Å². The summed E-state index contributed by atoms with van der Waals surface area (Å²) in [6.07, 6.45) is 0. The van der Waals surface area contributed by atoms with E-state index < -0.39 is 0 Å². The molecule has 4 rings (SSSR count). The molecule has 0 atom stereocenters. The van der Waals surface area contributed by atoms with Crippen LogP contribution in [0.5, 0.6) is 0 Å². The highest BCUT2D eigenvalue weighted by Crippen LogP contribution is 2.35. The molecule has 4 aromatic carbocycles. The third-order valence-corrected chi connectivity index (χ3v) is 4.72. The fourth-order valence-electron chi connectivity index (χ4n) is 3.32. The van der Waals surface area contributed by atoms with Gasteiger partial charge in [0, 0.05) is 24.0 Å². The molecular formula is C24H21N. The van der Waals surface area contributed by atoms with Gasteiger partial charge < -0.3 is 4.90 Å². The molecule has 0 fully saturated rings. The molecule has 0 aliphatic heterocycles. The monoisotopic (exact) mass is 323 g/mol. The summed E-state index contributed by atoms with van der Waals surface area (Å²) < 4.78 is 0. The van der Waals surface area contributed by atoms with Crippen molar-refractivity contribution in [1.82, 2.24) is 0 Å². The lowest BCUT2D eigenvalue weighted by Gasteiger charge is -2.24. The third kappa shape index (κ3) is 3.01. The van der Waals surface area contributed by atoms with Gasteiger partial charge >= 0.3 is 0 Å². The summed E-state index contributed by atoms with van der Waals surface area (Å²) in [4.78, 5) is 2.27. The van der Waals surface area contributed by atoms with Gasteiger partial charge in [-0.1, -0.05) is 72.3 Å². The molecule has 0 aromatic heterocycles. The summed E-state index contributed by atoms with van der Waals surface area (Å²) >= 11 is 0. The Labute approximate surface area is 149 Å². The van der Waals surface area contributed by atoms with Crippen molar-refractivity contribution in [3.05, 3.63) is 96.6 Å². The number of anilines is 2. The summed E-state index contributed by atoms with van der Waals surface area (Å²) in [6.45, 7) is 2.15. The Kier molecular flexibility index (Phi) is 3.99. The van der Waals surface area contributed by atoms with Gasteiger partial charge in [-0.2, -0.15) is 0 Å². The van der Waals surface area contributed by atoms with Gasteiger partial charge in [0.2, 0.25) is 0 Å². The smallest absolute Gasteiger partial charge is 0.0487 e. The van der Waals surface area contributed by atoms with E-state index in [9.17, 15) is 0 Å². The quantitative estimate of drug-likeness (QED) is 0.411. The van der Waals surface area contributed by atoms with Crippen LogP contribution >= 0.6 is 0 Å². The molecule has 0 N–H and O–H groups in total. The van der Waals surface area contributed by atoms with E-state index in [0.717, 1.165) is 0 Å². The van der Waals surface area contributed by atoms with Crippen LogP contribution in [0.1, 0.15) is 5.56 Å². The highest BCUT2D eigenvalue weighted by atomic mass is 15.1. The molecule has 0 aliphatic rings. The maximum atomic E-state index is 2.27. The van der Waals surface area contributed by atoms with Crippen LogP contribution in [0.2, 0.25) is 0 Å². The fraction of sp³-hybridized carbons (Fsp3) is 0.0833. The van der Waals surface area contributed by atoms with Crippen LogP contribution in [0.4, 0.5) is 11.4 Å². The van der Waals surface area contributed by atoms with Crippen molar-refractivity contribution in [2.75, 3.05) is 11.9 Å². The van der Waals surface area contributed by atoms with Gasteiger partial charge in [-0.15, -0.1) is 0 Å². The second kappa shape index (κ2) is 6.45. The summed E-state index contributed by atoms with van der Waals surface area (Å²) in [6, 6.07) is 32.4. The van der Waals surface area contributed by atoms with Gasteiger partial charge in [0.25, 0.3) is 0 Å². The first-order valence-corrected chi connectivity index (χ1v) is 8.61. The molecule has 0 saturated carbocycles. The van der Waals surface area contributed by atoms with Crippen LogP contribution in [-0.4, -0.2) is 7.05 Å². The lowest BCUT2D eigenvalue weighted by atomic mass is 10.00. The van der Waals surface area contributed by atoms with Gasteiger partial charge in [0.1, 0.15) is 0 Å². The van der Waals surface area contributed by atoms with E-state index in [1.54, 1.807) is 0 Å². The Morgan fingerprint density at radius 3 is 2.16 bits per heavy atom. The minimum Gasteiger partial charge on any atom is -0.344 e. The molecule has 0 unspecified atom stereocenters. The molecule has 122 valence electrons. The first kappa shape index (κ1) is 15.5. The lowest BCUT2D eigenvalue weighted by Crippen LogP contribution is -2.10. The molecule has 0 spiro atoms. The molecule has 4 aromatic rings. The summed E-state index contributed by atoms with van der Waals surface area (Å²) in [5.74, 6) is 0. The van der Waals surface area contributed by atoms with Crippen molar-refractivity contribution < 1.29 is 0 Å². The Morgan fingerprint density at radius 1 is 0.640 bits per heavy atom. The second-order valence-corrected chi connectivity index (χ2v) is 6.48. The van der Waals surface area contributed by atoms with Gasteiger partial charge in [0.05, 0.1) is 0 Å². The average Bonchev–Trinajstić information content (AvgIpc) is 2.67. The number of benzene rings is 4. The van der Waals surface area contributed by atoms with Crippen LogP contribution < -0.4 is 4.90 Å². The van der Waals surface area contributed by atoms with Crippen LogP contribution in [0.3, 0.4) is 0 Å². The molecule has 0 aliphatic carbocycles. The van der Waals surface area contributed by atoms with E-state index >= 15 is 0 Å². The number of nitrogens with zero attached hydrogens (tertiary/aromatic N) is 1. The minimum atomic E-state index is 1.19. The van der Waals surface area contributed by atoms with Gasteiger partial charge in [-0.25, -0.2) is 0 Å². The van der Waals surface area contributed by atoms with Crippen LogP contribution in [0.25, 0.3) is 21.9 Å². The van der Waals surface area contributed by atoms with Crippen molar-refractivity contribution in [2.24, 2.45) is 0 Å². The van der Waals surface area contributed by atoms with E-state index in [-0.39, 0.29) is 0 Å². The molecular weight excluding hydrogens is 302 g/mol. The van der Waals surface area contributed by atoms with Crippen LogP contribution in [-0.2, 0) is 0 Å². The molecule has 1 heteroatoms. The zero-order valence-corrected chi connectivity index (χ0v) is 14.6. The van der Waals surface area contributed by atoms with Crippen LogP contribution in [0.15, 0.2) is 91.0 Å². The van der Waals surface area contributed by atoms with E-state index in [1.807, 2.05) is 0 Å². The SMILES string of the molecule is Cc1ccc(N(C)c2ccc3ccccc3c2)c(-c2ccccc2)c1. The fourth-order valence-corrected chi connectivity index (χ4v) is 3.32. The molecule has 0 radical (unpaired) electrons. The number of fused-ring (bicyclic) bond motifs is 1. The first-order valence-electron chi connectivity index (χ1n) is 8.61. The van der Waals surface area contributed by atoms with Crippen molar-refractivity contribution in [1.29, 1.82) is 0 Å². The number of rotatable bonds is 3. The van der Waals surface area contributed by atoms with Crippen molar-refractivity contribution in [3.8, 4) is 11.1 Å². The summed E-state index contributed by atoms with van der Waals surface area (Å²) in [5, 5.41) is 2.53. The van der Waals surface area contributed by atoms with Crippen LogP contribution in [0, 0.1) is 6.92 Å². The standard InChI is InChI=1S/C24H21N/c1-18-12-15-24(23(16-18)20-9-4-3-5-10-20)25(2)22-14-13-19-8-6-7-11-21(19)17-22/h3-17H,1-2H3. The Morgan fingerprint density at radius 2 is 1.36 bits per heavy atom. The summed E-state index contributed by atoms with van der Waals surface area (Å²) in [5.41, 5.74) is 6.19.